The molecule has 1 aromatic heterocycles. The van der Waals surface area contributed by atoms with Gasteiger partial charge in [-0.1, -0.05) is 5.16 Å². The molecule has 13 heavy (non-hydrogen) atoms. The van der Waals surface area contributed by atoms with Crippen LogP contribution in [0.1, 0.15) is 11.1 Å². The summed E-state index contributed by atoms with van der Waals surface area (Å²) in [6, 6.07) is 1.92. The highest BCUT2D eigenvalue weighted by Gasteiger charge is 2.01. The maximum atomic E-state index is 8.32. The van der Waals surface area contributed by atoms with Crippen molar-refractivity contribution in [2.24, 2.45) is 5.16 Å². The van der Waals surface area contributed by atoms with Gasteiger partial charge >= 0.3 is 0 Å². The highest BCUT2D eigenvalue weighted by Crippen LogP contribution is 2.14. The Hall–Kier alpha value is -1.58. The Balaban J connectivity index is 3.05. The predicted octanol–water partition coefficient (Wildman–Crippen LogP) is 1.26. The van der Waals surface area contributed by atoms with Crippen LogP contribution >= 0.6 is 0 Å². The number of hydrogen-bond acceptors (Lipinski definition) is 4. The standard InChI is InChI=1S/C9H13N3O/c1-7-4-8(6-11-13)5-10-9(7)12(2)3/h4-6,13H,1-3H3/b11-6-. The third-order valence-corrected chi connectivity index (χ3v) is 1.70. The van der Waals surface area contributed by atoms with E-state index in [4.69, 9.17) is 5.21 Å². The molecule has 1 heterocycles. The zero-order valence-corrected chi connectivity index (χ0v) is 8.02. The van der Waals surface area contributed by atoms with Crippen LogP contribution in [0, 0.1) is 6.92 Å². The first-order chi connectivity index (χ1) is 6.15. The second-order valence-electron chi connectivity index (χ2n) is 3.05. The van der Waals surface area contributed by atoms with Crippen molar-refractivity contribution < 1.29 is 5.21 Å². The molecule has 1 rings (SSSR count). The lowest BCUT2D eigenvalue weighted by atomic mass is 10.2. The summed E-state index contributed by atoms with van der Waals surface area (Å²) in [5.41, 5.74) is 1.85. The smallest absolute Gasteiger partial charge is 0.130 e. The maximum absolute atomic E-state index is 8.32. The zero-order valence-electron chi connectivity index (χ0n) is 8.02. The summed E-state index contributed by atoms with van der Waals surface area (Å²) >= 11 is 0. The van der Waals surface area contributed by atoms with Crippen LogP contribution in [0.3, 0.4) is 0 Å². The van der Waals surface area contributed by atoms with E-state index in [-0.39, 0.29) is 0 Å². The molecule has 0 aliphatic rings. The molecule has 0 saturated heterocycles. The normalized spacial score (nSPS) is 10.7. The van der Waals surface area contributed by atoms with E-state index in [1.54, 1.807) is 6.20 Å². The number of oxime groups is 1. The summed E-state index contributed by atoms with van der Waals surface area (Å²) in [6.07, 6.45) is 3.03. The van der Waals surface area contributed by atoms with Crippen LogP contribution in [0.2, 0.25) is 0 Å². The summed E-state index contributed by atoms with van der Waals surface area (Å²) in [5, 5.41) is 11.3. The van der Waals surface area contributed by atoms with Gasteiger partial charge in [0.15, 0.2) is 0 Å². The van der Waals surface area contributed by atoms with Gasteiger partial charge in [-0.05, 0) is 18.6 Å². The van der Waals surface area contributed by atoms with E-state index in [1.165, 1.54) is 6.21 Å². The van der Waals surface area contributed by atoms with Crippen LogP contribution in [-0.2, 0) is 0 Å². The fourth-order valence-electron chi connectivity index (χ4n) is 1.19. The number of nitrogens with zero attached hydrogens (tertiary/aromatic N) is 3. The van der Waals surface area contributed by atoms with Crippen molar-refractivity contribution in [3.63, 3.8) is 0 Å². The van der Waals surface area contributed by atoms with Gasteiger partial charge in [0, 0.05) is 25.9 Å². The monoisotopic (exact) mass is 179 g/mol. The quantitative estimate of drug-likeness (QED) is 0.422. The van der Waals surface area contributed by atoms with E-state index in [0.717, 1.165) is 16.9 Å². The summed E-state index contributed by atoms with van der Waals surface area (Å²) in [4.78, 5) is 6.16. The van der Waals surface area contributed by atoms with E-state index in [0.29, 0.717) is 0 Å². The SMILES string of the molecule is Cc1cc(/C=N\O)cnc1N(C)C. The van der Waals surface area contributed by atoms with Crippen molar-refractivity contribution in [2.75, 3.05) is 19.0 Å². The number of hydrogen-bond donors (Lipinski definition) is 1. The first-order valence-corrected chi connectivity index (χ1v) is 3.96. The molecule has 0 amide bonds. The van der Waals surface area contributed by atoms with Crippen LogP contribution in [0.4, 0.5) is 5.82 Å². The van der Waals surface area contributed by atoms with Crippen molar-refractivity contribution in [3.05, 3.63) is 23.4 Å². The average molecular weight is 179 g/mol. The molecule has 0 aromatic carbocycles. The second kappa shape index (κ2) is 3.89. The van der Waals surface area contributed by atoms with Gasteiger partial charge in [-0.2, -0.15) is 0 Å². The average Bonchev–Trinajstić information content (AvgIpc) is 2.04. The minimum Gasteiger partial charge on any atom is -0.411 e. The van der Waals surface area contributed by atoms with Crippen LogP contribution in [0.5, 0.6) is 0 Å². The Morgan fingerprint density at radius 2 is 2.23 bits per heavy atom. The molecule has 1 aromatic rings. The molecule has 0 unspecified atom stereocenters. The molecule has 1 N–H and O–H groups in total. The highest BCUT2D eigenvalue weighted by molar-refractivity contribution is 5.79. The van der Waals surface area contributed by atoms with Crippen LogP contribution in [-0.4, -0.2) is 30.5 Å². The fraction of sp³-hybridized carbons (Fsp3) is 0.333. The van der Waals surface area contributed by atoms with E-state index in [9.17, 15) is 0 Å². The Kier molecular flexibility index (Phi) is 2.84. The van der Waals surface area contributed by atoms with Crippen molar-refractivity contribution in [1.82, 2.24) is 4.98 Å². The van der Waals surface area contributed by atoms with E-state index in [1.807, 2.05) is 32.0 Å². The Labute approximate surface area is 77.5 Å². The van der Waals surface area contributed by atoms with Gasteiger partial charge in [-0.15, -0.1) is 0 Å². The molecule has 0 aliphatic heterocycles. The molecular weight excluding hydrogens is 166 g/mol. The third kappa shape index (κ3) is 2.18. The number of aromatic nitrogens is 1. The van der Waals surface area contributed by atoms with Crippen LogP contribution in [0.25, 0.3) is 0 Å². The van der Waals surface area contributed by atoms with Crippen molar-refractivity contribution in [2.45, 2.75) is 6.92 Å². The largest absolute Gasteiger partial charge is 0.411 e. The van der Waals surface area contributed by atoms with Gasteiger partial charge in [0.1, 0.15) is 5.82 Å². The molecule has 4 nitrogen and oxygen atoms in total. The fourth-order valence-corrected chi connectivity index (χ4v) is 1.19. The third-order valence-electron chi connectivity index (χ3n) is 1.70. The summed E-state index contributed by atoms with van der Waals surface area (Å²) in [7, 11) is 3.88. The lowest BCUT2D eigenvalue weighted by molar-refractivity contribution is 0.322. The van der Waals surface area contributed by atoms with E-state index in [2.05, 4.69) is 10.1 Å². The maximum Gasteiger partial charge on any atom is 0.130 e. The molecule has 0 spiro atoms. The van der Waals surface area contributed by atoms with Gasteiger partial charge < -0.3 is 10.1 Å². The predicted molar refractivity (Wildman–Crippen MR) is 52.7 cm³/mol. The first kappa shape index (κ1) is 9.51. The Morgan fingerprint density at radius 3 is 2.69 bits per heavy atom. The van der Waals surface area contributed by atoms with Crippen LogP contribution < -0.4 is 4.90 Å². The molecule has 0 bridgehead atoms. The molecule has 0 aliphatic carbocycles. The van der Waals surface area contributed by atoms with E-state index >= 15 is 0 Å². The van der Waals surface area contributed by atoms with Crippen molar-refractivity contribution in [3.8, 4) is 0 Å². The van der Waals surface area contributed by atoms with Gasteiger partial charge in [-0.3, -0.25) is 0 Å². The topological polar surface area (TPSA) is 48.7 Å². The molecule has 0 fully saturated rings. The zero-order chi connectivity index (χ0) is 9.84. The minimum absolute atomic E-state index is 0.797. The Bertz CT molecular complexity index is 321. The molecule has 0 radical (unpaired) electrons. The van der Waals surface area contributed by atoms with Crippen molar-refractivity contribution in [1.29, 1.82) is 0 Å². The van der Waals surface area contributed by atoms with Gasteiger partial charge in [0.05, 0.1) is 6.21 Å². The lowest BCUT2D eigenvalue weighted by Gasteiger charge is -2.13. The molecule has 0 atom stereocenters. The molecule has 0 saturated carbocycles. The molecule has 4 heteroatoms. The highest BCUT2D eigenvalue weighted by atomic mass is 16.4. The second-order valence-corrected chi connectivity index (χ2v) is 3.05. The van der Waals surface area contributed by atoms with E-state index < -0.39 is 0 Å². The molecule has 70 valence electrons. The molecular formula is C9H13N3O. The van der Waals surface area contributed by atoms with Gasteiger partial charge in [0.2, 0.25) is 0 Å². The van der Waals surface area contributed by atoms with Crippen molar-refractivity contribution >= 4 is 12.0 Å². The lowest BCUT2D eigenvalue weighted by Crippen LogP contribution is -2.12. The Morgan fingerprint density at radius 1 is 1.54 bits per heavy atom. The van der Waals surface area contributed by atoms with Gasteiger partial charge in [-0.25, -0.2) is 4.98 Å². The first-order valence-electron chi connectivity index (χ1n) is 3.96. The number of pyridine rings is 1. The van der Waals surface area contributed by atoms with Gasteiger partial charge in [0.25, 0.3) is 0 Å². The number of anilines is 1. The van der Waals surface area contributed by atoms with Crippen LogP contribution in [0.15, 0.2) is 17.4 Å². The summed E-state index contributed by atoms with van der Waals surface area (Å²) < 4.78 is 0. The number of aryl methyl sites for hydroxylation is 1. The summed E-state index contributed by atoms with van der Waals surface area (Å²) in [5.74, 6) is 0.926. The summed E-state index contributed by atoms with van der Waals surface area (Å²) in [6.45, 7) is 1.97. The number of rotatable bonds is 2. The minimum atomic E-state index is 0.797.